The first-order valence-corrected chi connectivity index (χ1v) is 12.8. The molecule has 6 nitrogen and oxygen atoms in total. The highest BCUT2D eigenvalue weighted by Gasteiger charge is 2.31. The van der Waals surface area contributed by atoms with Crippen molar-refractivity contribution >= 4 is 38.5 Å². The van der Waals surface area contributed by atoms with Crippen LogP contribution in [0.25, 0.3) is 11.0 Å². The molecule has 0 unspecified atom stereocenters. The molecule has 1 aromatic carbocycles. The summed E-state index contributed by atoms with van der Waals surface area (Å²) in [6.45, 7) is 1.87. The molecule has 2 atom stereocenters. The molecule has 8 heteroatoms. The summed E-state index contributed by atoms with van der Waals surface area (Å²) in [5, 5.41) is 3.46. The van der Waals surface area contributed by atoms with Crippen molar-refractivity contribution in [3.8, 4) is 0 Å². The van der Waals surface area contributed by atoms with E-state index in [4.69, 9.17) is 4.98 Å². The molecule has 2 fully saturated rings. The van der Waals surface area contributed by atoms with Gasteiger partial charge >= 0.3 is 0 Å². The Morgan fingerprint density at radius 3 is 2.68 bits per heavy atom. The molecule has 0 spiro atoms. The largest absolute Gasteiger partial charge is 0.351 e. The average molecular weight is 422 g/mol. The summed E-state index contributed by atoms with van der Waals surface area (Å²) < 4.78 is 25.6. The second-order valence-corrected chi connectivity index (χ2v) is 11.5. The fraction of sp³-hybridized carbons (Fsp3) is 0.600. The van der Waals surface area contributed by atoms with Crippen molar-refractivity contribution < 1.29 is 13.2 Å². The van der Waals surface area contributed by atoms with Crippen molar-refractivity contribution in [2.45, 2.75) is 67.9 Å². The quantitative estimate of drug-likeness (QED) is 0.749. The Labute approximate surface area is 170 Å². The topological polar surface area (TPSA) is 81.1 Å². The maximum absolute atomic E-state index is 12.7. The number of rotatable bonds is 5. The van der Waals surface area contributed by atoms with Crippen LogP contribution in [0.2, 0.25) is 0 Å². The molecule has 1 saturated carbocycles. The lowest BCUT2D eigenvalue weighted by atomic mass is 9.95. The van der Waals surface area contributed by atoms with Gasteiger partial charge in [-0.2, -0.15) is 0 Å². The monoisotopic (exact) mass is 421 g/mol. The lowest BCUT2D eigenvalue weighted by Gasteiger charge is -2.26. The van der Waals surface area contributed by atoms with Gasteiger partial charge in [0.05, 0.1) is 27.8 Å². The third-order valence-electron chi connectivity index (χ3n) is 5.73. The van der Waals surface area contributed by atoms with Gasteiger partial charge in [-0.1, -0.05) is 43.2 Å². The molecule has 2 aromatic rings. The summed E-state index contributed by atoms with van der Waals surface area (Å²) in [4.78, 5) is 17.5. The predicted molar refractivity (Wildman–Crippen MR) is 112 cm³/mol. The average Bonchev–Trinajstić information content (AvgIpc) is 3.21. The standard InChI is InChI=1S/C20H27N3O3S2/c1-14(19(24)21-15-11-12-28(25,26)13-15)27-20-22-17-9-5-6-10-18(17)23(20)16-7-3-2-4-8-16/h5-6,9-10,14-16H,2-4,7-8,11-13H2,1H3,(H,21,24)/t14-,15-/m0/s1. The minimum absolute atomic E-state index is 0.0523. The smallest absolute Gasteiger partial charge is 0.233 e. The number of aromatic nitrogens is 2. The fourth-order valence-corrected chi connectivity index (χ4v) is 6.91. The molecule has 1 amide bonds. The maximum atomic E-state index is 12.7. The Bertz CT molecular complexity index is 964. The molecular formula is C20H27N3O3S2. The van der Waals surface area contributed by atoms with E-state index in [0.29, 0.717) is 12.5 Å². The predicted octanol–water partition coefficient (Wildman–Crippen LogP) is 3.33. The molecule has 0 bridgehead atoms. The van der Waals surface area contributed by atoms with Crippen LogP contribution in [0.3, 0.4) is 0 Å². The summed E-state index contributed by atoms with van der Waals surface area (Å²) in [5.41, 5.74) is 2.09. The minimum atomic E-state index is -3.00. The van der Waals surface area contributed by atoms with E-state index in [9.17, 15) is 13.2 Å². The molecule has 1 aromatic heterocycles. The van der Waals surface area contributed by atoms with Gasteiger partial charge in [-0.05, 0) is 38.3 Å². The van der Waals surface area contributed by atoms with Gasteiger partial charge in [0, 0.05) is 12.1 Å². The van der Waals surface area contributed by atoms with Crippen molar-refractivity contribution in [2.24, 2.45) is 0 Å². The van der Waals surface area contributed by atoms with Crippen molar-refractivity contribution in [3.05, 3.63) is 24.3 Å². The van der Waals surface area contributed by atoms with Crippen LogP contribution in [0, 0.1) is 0 Å². The van der Waals surface area contributed by atoms with E-state index < -0.39 is 9.84 Å². The Morgan fingerprint density at radius 1 is 1.21 bits per heavy atom. The van der Waals surface area contributed by atoms with Crippen LogP contribution in [0.4, 0.5) is 0 Å². The molecule has 1 aliphatic heterocycles. The van der Waals surface area contributed by atoms with E-state index >= 15 is 0 Å². The number of amides is 1. The lowest BCUT2D eigenvalue weighted by molar-refractivity contribution is -0.120. The molecule has 1 aliphatic carbocycles. The molecule has 28 heavy (non-hydrogen) atoms. The van der Waals surface area contributed by atoms with Crippen molar-refractivity contribution in [2.75, 3.05) is 11.5 Å². The van der Waals surface area contributed by atoms with Gasteiger partial charge in [0.25, 0.3) is 0 Å². The number of carbonyl (C=O) groups is 1. The van der Waals surface area contributed by atoms with E-state index in [1.807, 2.05) is 25.1 Å². The molecule has 2 heterocycles. The van der Waals surface area contributed by atoms with Crippen LogP contribution >= 0.6 is 11.8 Å². The Hall–Kier alpha value is -1.54. The number of imidazole rings is 1. The zero-order valence-corrected chi connectivity index (χ0v) is 17.8. The zero-order valence-electron chi connectivity index (χ0n) is 16.1. The third-order valence-corrected chi connectivity index (χ3v) is 8.57. The van der Waals surface area contributed by atoms with Gasteiger partial charge < -0.3 is 9.88 Å². The van der Waals surface area contributed by atoms with Crippen molar-refractivity contribution in [1.82, 2.24) is 14.9 Å². The Balaban J connectivity index is 1.52. The molecule has 1 saturated heterocycles. The van der Waals surface area contributed by atoms with Gasteiger partial charge in [-0.3, -0.25) is 4.79 Å². The Morgan fingerprint density at radius 2 is 1.96 bits per heavy atom. The molecular weight excluding hydrogens is 394 g/mol. The van der Waals surface area contributed by atoms with Crippen LogP contribution in [0.1, 0.15) is 51.5 Å². The fourth-order valence-electron chi connectivity index (χ4n) is 4.24. The minimum Gasteiger partial charge on any atom is -0.351 e. The number of thioether (sulfide) groups is 1. The number of fused-ring (bicyclic) bond motifs is 1. The summed E-state index contributed by atoms with van der Waals surface area (Å²) in [6.07, 6.45) is 6.55. The number of hydrogen-bond donors (Lipinski definition) is 1. The number of benzene rings is 1. The molecule has 152 valence electrons. The van der Waals surface area contributed by atoms with E-state index in [1.165, 1.54) is 31.0 Å². The normalized spacial score (nSPS) is 23.7. The van der Waals surface area contributed by atoms with Gasteiger partial charge in [0.1, 0.15) is 0 Å². The lowest BCUT2D eigenvalue weighted by Crippen LogP contribution is -2.40. The molecule has 1 N–H and O–H groups in total. The van der Waals surface area contributed by atoms with E-state index in [1.54, 1.807) is 0 Å². The van der Waals surface area contributed by atoms with Gasteiger partial charge in [-0.25, -0.2) is 13.4 Å². The summed E-state index contributed by atoms with van der Waals surface area (Å²) in [6, 6.07) is 8.32. The summed E-state index contributed by atoms with van der Waals surface area (Å²) >= 11 is 1.47. The first kappa shape index (κ1) is 19.8. The second kappa shape index (κ2) is 8.06. The van der Waals surface area contributed by atoms with Crippen LogP contribution in [0.5, 0.6) is 0 Å². The van der Waals surface area contributed by atoms with Crippen LogP contribution in [-0.2, 0) is 14.6 Å². The molecule has 0 radical (unpaired) electrons. The number of para-hydroxylation sites is 2. The number of sulfone groups is 1. The summed E-state index contributed by atoms with van der Waals surface area (Å²) in [5.74, 6) is 0.0996. The summed E-state index contributed by atoms with van der Waals surface area (Å²) in [7, 11) is -3.00. The van der Waals surface area contributed by atoms with Crippen molar-refractivity contribution in [1.29, 1.82) is 0 Å². The number of hydrogen-bond acceptors (Lipinski definition) is 5. The van der Waals surface area contributed by atoms with E-state index in [0.717, 1.165) is 29.0 Å². The molecule has 4 rings (SSSR count). The number of nitrogens with one attached hydrogen (secondary N) is 1. The van der Waals surface area contributed by atoms with Crippen LogP contribution in [-0.4, -0.2) is 46.7 Å². The highest BCUT2D eigenvalue weighted by Crippen LogP contribution is 2.36. The first-order valence-electron chi connectivity index (χ1n) is 10.1. The van der Waals surface area contributed by atoms with E-state index in [2.05, 4.69) is 16.0 Å². The number of nitrogens with zero attached hydrogens (tertiary/aromatic N) is 2. The van der Waals surface area contributed by atoms with Gasteiger partial charge in [-0.15, -0.1) is 0 Å². The molecule has 2 aliphatic rings. The highest BCUT2D eigenvalue weighted by molar-refractivity contribution is 8.00. The highest BCUT2D eigenvalue weighted by atomic mass is 32.2. The second-order valence-electron chi connectivity index (χ2n) is 7.91. The van der Waals surface area contributed by atoms with Gasteiger partial charge in [0.15, 0.2) is 15.0 Å². The van der Waals surface area contributed by atoms with Gasteiger partial charge in [0.2, 0.25) is 5.91 Å². The third kappa shape index (κ3) is 4.22. The van der Waals surface area contributed by atoms with Crippen LogP contribution in [0.15, 0.2) is 29.4 Å². The maximum Gasteiger partial charge on any atom is 0.233 e. The number of carbonyl (C=O) groups excluding carboxylic acids is 1. The SMILES string of the molecule is C[C@H](Sc1nc2ccccc2n1C1CCCCC1)C(=O)N[C@H]1CCS(=O)(=O)C1. The van der Waals surface area contributed by atoms with Crippen LogP contribution < -0.4 is 5.32 Å². The van der Waals surface area contributed by atoms with Crippen molar-refractivity contribution in [3.63, 3.8) is 0 Å². The Kier molecular flexibility index (Phi) is 5.69. The first-order chi connectivity index (χ1) is 13.4. The van der Waals surface area contributed by atoms with E-state index in [-0.39, 0.29) is 28.7 Å². The zero-order chi connectivity index (χ0) is 19.7.